The molecule has 2 N–H and O–H groups in total. The van der Waals surface area contributed by atoms with Crippen LogP contribution in [-0.4, -0.2) is 70.4 Å². The van der Waals surface area contributed by atoms with Crippen molar-refractivity contribution in [2.75, 3.05) is 16.8 Å². The molecule has 6 rings (SSSR count). The summed E-state index contributed by atoms with van der Waals surface area (Å²) in [4.78, 5) is 26.5. The SMILES string of the molecule is CC(C)n1cc(C(=O)NC2CC[S+]([O-])CC2)c2cnc(Nc3ccnc(-c4cnn(S(=O)(=O)C5CC5)c4)n3)cc21. The molecule has 4 aromatic rings. The van der Waals surface area contributed by atoms with Crippen LogP contribution >= 0.6 is 0 Å². The Morgan fingerprint density at radius 3 is 2.60 bits per heavy atom. The molecule has 0 radical (unpaired) electrons. The molecule has 5 heterocycles. The highest BCUT2D eigenvalue weighted by atomic mass is 32.2. The molecular formula is C26H30N8O4S2. The number of hydrogen-bond donors (Lipinski definition) is 2. The Kier molecular flexibility index (Phi) is 7.00. The quantitative estimate of drug-likeness (QED) is 0.298. The molecule has 0 atom stereocenters. The van der Waals surface area contributed by atoms with Crippen molar-refractivity contribution < 1.29 is 17.8 Å². The van der Waals surface area contributed by atoms with Gasteiger partial charge in [-0.3, -0.25) is 4.79 Å². The third kappa shape index (κ3) is 5.30. The Bertz CT molecular complexity index is 1670. The topological polar surface area (TPSA) is 160 Å². The molecule has 40 heavy (non-hydrogen) atoms. The van der Waals surface area contributed by atoms with Gasteiger partial charge >= 0.3 is 0 Å². The summed E-state index contributed by atoms with van der Waals surface area (Å²) in [5.41, 5.74) is 1.89. The molecule has 0 bridgehead atoms. The molecule has 14 heteroatoms. The molecule has 2 fully saturated rings. The average molecular weight is 583 g/mol. The van der Waals surface area contributed by atoms with Gasteiger partial charge in [-0.1, -0.05) is 11.2 Å². The van der Waals surface area contributed by atoms with Gasteiger partial charge in [0.1, 0.15) is 23.1 Å². The zero-order valence-electron chi connectivity index (χ0n) is 22.1. The van der Waals surface area contributed by atoms with E-state index >= 15 is 0 Å². The summed E-state index contributed by atoms with van der Waals surface area (Å²) >= 11 is -0.789. The van der Waals surface area contributed by atoms with Crippen LogP contribution < -0.4 is 10.6 Å². The summed E-state index contributed by atoms with van der Waals surface area (Å²) in [6.07, 6.45) is 10.7. The van der Waals surface area contributed by atoms with E-state index in [0.717, 1.165) is 15.0 Å². The van der Waals surface area contributed by atoms with Crippen LogP contribution in [0.3, 0.4) is 0 Å². The molecule has 1 saturated carbocycles. The maximum Gasteiger partial charge on any atom is 0.256 e. The summed E-state index contributed by atoms with van der Waals surface area (Å²) in [5, 5.41) is 10.7. The Morgan fingerprint density at radius 1 is 1.10 bits per heavy atom. The summed E-state index contributed by atoms with van der Waals surface area (Å²) in [6.45, 7) is 4.09. The number of amides is 1. The maximum atomic E-state index is 13.2. The molecule has 0 spiro atoms. The maximum absolute atomic E-state index is 13.2. The minimum Gasteiger partial charge on any atom is -0.616 e. The van der Waals surface area contributed by atoms with Crippen LogP contribution in [0.25, 0.3) is 22.3 Å². The molecular weight excluding hydrogens is 552 g/mol. The van der Waals surface area contributed by atoms with Crippen LogP contribution in [0.4, 0.5) is 11.6 Å². The van der Waals surface area contributed by atoms with Gasteiger partial charge in [0, 0.05) is 55.0 Å². The summed E-state index contributed by atoms with van der Waals surface area (Å²) in [6, 6.07) is 3.69. The zero-order chi connectivity index (χ0) is 28.0. The first-order valence-electron chi connectivity index (χ1n) is 13.2. The number of fused-ring (bicyclic) bond motifs is 1. The number of nitrogens with zero attached hydrogens (tertiary/aromatic N) is 6. The van der Waals surface area contributed by atoms with Gasteiger partial charge < -0.3 is 19.8 Å². The van der Waals surface area contributed by atoms with Gasteiger partial charge in [-0.25, -0.2) is 23.4 Å². The van der Waals surface area contributed by atoms with Gasteiger partial charge in [0.25, 0.3) is 15.9 Å². The van der Waals surface area contributed by atoms with Crippen LogP contribution in [0.1, 0.15) is 55.9 Å². The van der Waals surface area contributed by atoms with E-state index in [2.05, 4.69) is 30.7 Å². The predicted octanol–water partition coefficient (Wildman–Crippen LogP) is 3.00. The smallest absolute Gasteiger partial charge is 0.256 e. The number of carbonyl (C=O) groups excluding carboxylic acids is 1. The second-order valence-corrected chi connectivity index (χ2v) is 14.2. The van der Waals surface area contributed by atoms with Gasteiger partial charge in [0.2, 0.25) is 0 Å². The molecule has 4 aromatic heterocycles. The minimum absolute atomic E-state index is 0.0180. The molecule has 210 valence electrons. The van der Waals surface area contributed by atoms with Crippen molar-refractivity contribution >= 4 is 49.6 Å². The molecule has 12 nitrogen and oxygen atoms in total. The van der Waals surface area contributed by atoms with E-state index in [1.54, 1.807) is 18.5 Å². The second kappa shape index (κ2) is 10.5. The minimum atomic E-state index is -3.48. The zero-order valence-corrected chi connectivity index (χ0v) is 23.8. The van der Waals surface area contributed by atoms with Crippen molar-refractivity contribution in [3.63, 3.8) is 0 Å². The fourth-order valence-electron chi connectivity index (χ4n) is 4.80. The molecule has 0 unspecified atom stereocenters. The van der Waals surface area contributed by atoms with Crippen LogP contribution in [0.15, 0.2) is 43.1 Å². The standard InChI is InChI=1S/C26H30N8O4S2/c1-16(2)33-15-21(26(35)30-18-6-9-39(36)10-7-18)20-13-28-24(11-22(20)33)31-23-5-8-27-25(32-23)17-12-29-34(14-17)40(37,38)19-3-4-19/h5,8,11-16,18-19H,3-4,6-7,9-10H2,1-2H3,(H,30,35)(H,27,28,31,32). The van der Waals surface area contributed by atoms with E-state index in [9.17, 15) is 17.8 Å². The Balaban J connectivity index is 1.24. The third-order valence-corrected chi connectivity index (χ3v) is 10.6. The van der Waals surface area contributed by atoms with E-state index in [4.69, 9.17) is 0 Å². The second-order valence-electron chi connectivity index (χ2n) is 10.5. The molecule has 1 amide bonds. The van der Waals surface area contributed by atoms with Crippen LogP contribution in [0.5, 0.6) is 0 Å². The first-order chi connectivity index (χ1) is 19.2. The summed E-state index contributed by atoms with van der Waals surface area (Å²) in [7, 11) is -3.48. The van der Waals surface area contributed by atoms with E-state index in [1.165, 1.54) is 12.4 Å². The fraction of sp³-hybridized carbons (Fsp3) is 0.423. The van der Waals surface area contributed by atoms with E-state index in [-0.39, 0.29) is 23.2 Å². The first kappa shape index (κ1) is 26.7. The lowest BCUT2D eigenvalue weighted by molar-refractivity contribution is 0.0935. The van der Waals surface area contributed by atoms with E-state index in [1.807, 2.05) is 30.7 Å². The van der Waals surface area contributed by atoms with E-state index < -0.39 is 21.2 Å². The molecule has 1 aliphatic carbocycles. The molecule has 1 aliphatic heterocycles. The van der Waals surface area contributed by atoms with Gasteiger partial charge in [-0.2, -0.15) is 9.19 Å². The van der Waals surface area contributed by atoms with Crippen LogP contribution in [-0.2, 0) is 21.2 Å². The van der Waals surface area contributed by atoms with Crippen molar-refractivity contribution in [3.05, 3.63) is 48.7 Å². The number of aromatic nitrogens is 6. The Hall–Kier alpha value is -3.49. The normalized spacial score (nSPS) is 19.7. The third-order valence-electron chi connectivity index (χ3n) is 7.18. The highest BCUT2D eigenvalue weighted by Crippen LogP contribution is 2.31. The predicted molar refractivity (Wildman–Crippen MR) is 152 cm³/mol. The fourth-order valence-corrected chi connectivity index (χ4v) is 7.57. The van der Waals surface area contributed by atoms with Crippen molar-refractivity contribution in [1.82, 2.24) is 34.0 Å². The highest BCUT2D eigenvalue weighted by molar-refractivity contribution is 7.91. The van der Waals surface area contributed by atoms with E-state index in [0.29, 0.717) is 65.8 Å². The van der Waals surface area contributed by atoms with Crippen molar-refractivity contribution in [2.45, 2.75) is 56.9 Å². The monoisotopic (exact) mass is 582 g/mol. The summed E-state index contributed by atoms with van der Waals surface area (Å²) in [5.74, 6) is 2.41. The van der Waals surface area contributed by atoms with Crippen molar-refractivity contribution in [3.8, 4) is 11.4 Å². The summed E-state index contributed by atoms with van der Waals surface area (Å²) < 4.78 is 39.7. The highest BCUT2D eigenvalue weighted by Gasteiger charge is 2.37. The largest absolute Gasteiger partial charge is 0.616 e. The number of carbonyl (C=O) groups is 1. The number of hydrogen-bond acceptors (Lipinski definition) is 9. The molecule has 2 aliphatic rings. The molecule has 0 aromatic carbocycles. The lowest BCUT2D eigenvalue weighted by Crippen LogP contribution is -2.40. The number of pyridine rings is 1. The lowest BCUT2D eigenvalue weighted by Gasteiger charge is -2.24. The van der Waals surface area contributed by atoms with Crippen molar-refractivity contribution in [2.24, 2.45) is 0 Å². The van der Waals surface area contributed by atoms with Gasteiger partial charge in [0.15, 0.2) is 5.82 Å². The number of rotatable bonds is 8. The van der Waals surface area contributed by atoms with Gasteiger partial charge in [-0.15, -0.1) is 0 Å². The van der Waals surface area contributed by atoms with Crippen molar-refractivity contribution in [1.29, 1.82) is 0 Å². The Morgan fingerprint density at radius 2 is 1.88 bits per heavy atom. The van der Waals surface area contributed by atoms with Crippen LogP contribution in [0, 0.1) is 0 Å². The number of anilines is 2. The average Bonchev–Trinajstić information content (AvgIpc) is 3.55. The lowest BCUT2D eigenvalue weighted by atomic mass is 10.1. The molecule has 1 saturated heterocycles. The first-order valence-corrected chi connectivity index (χ1v) is 16.2. The van der Waals surface area contributed by atoms with Crippen LogP contribution in [0.2, 0.25) is 0 Å². The van der Waals surface area contributed by atoms with Gasteiger partial charge in [-0.05, 0) is 32.8 Å². The number of nitrogens with one attached hydrogen (secondary N) is 2. The van der Waals surface area contributed by atoms with Gasteiger partial charge in [0.05, 0.1) is 34.3 Å². The Labute approximate surface area is 234 Å².